The summed E-state index contributed by atoms with van der Waals surface area (Å²) in [5.74, 6) is -0.186. The van der Waals surface area contributed by atoms with Crippen LogP contribution in [0.25, 0.3) is 0 Å². The van der Waals surface area contributed by atoms with Crippen molar-refractivity contribution < 1.29 is 18.0 Å². The number of anilines is 1. The summed E-state index contributed by atoms with van der Waals surface area (Å²) < 4.78 is 22.4. The van der Waals surface area contributed by atoms with Crippen molar-refractivity contribution in [3.05, 3.63) is 24.3 Å². The van der Waals surface area contributed by atoms with Crippen molar-refractivity contribution in [3.63, 3.8) is 0 Å². The molecule has 2 rings (SSSR count). The number of nitrogens with two attached hydrogens (primary N) is 1. The topological polar surface area (TPSA) is 110 Å². The monoisotopic (exact) mass is 353 g/mol. The SMILES string of the molecule is CC(C)C(=O)N1CCC(C(=O)Nc2ccc(S(N)(=O)=O)cc2)CC1. The first-order valence-corrected chi connectivity index (χ1v) is 9.45. The third-order valence-electron chi connectivity index (χ3n) is 4.12. The van der Waals surface area contributed by atoms with Crippen LogP contribution in [-0.4, -0.2) is 38.2 Å². The van der Waals surface area contributed by atoms with Gasteiger partial charge in [-0.2, -0.15) is 0 Å². The van der Waals surface area contributed by atoms with E-state index in [0.29, 0.717) is 31.6 Å². The molecule has 0 spiro atoms. The lowest BCUT2D eigenvalue weighted by atomic mass is 9.95. The van der Waals surface area contributed by atoms with Gasteiger partial charge in [-0.1, -0.05) is 13.8 Å². The van der Waals surface area contributed by atoms with Crippen molar-refractivity contribution in [2.24, 2.45) is 17.0 Å². The fourth-order valence-electron chi connectivity index (χ4n) is 2.70. The van der Waals surface area contributed by atoms with Crippen molar-refractivity contribution in [1.29, 1.82) is 0 Å². The predicted octanol–water partition coefficient (Wildman–Crippen LogP) is 1.17. The number of primary sulfonamides is 1. The molecule has 0 radical (unpaired) electrons. The van der Waals surface area contributed by atoms with Gasteiger partial charge in [-0.3, -0.25) is 9.59 Å². The molecule has 24 heavy (non-hydrogen) atoms. The number of benzene rings is 1. The Morgan fingerprint density at radius 1 is 1.17 bits per heavy atom. The van der Waals surface area contributed by atoms with Gasteiger partial charge in [-0.05, 0) is 37.1 Å². The smallest absolute Gasteiger partial charge is 0.238 e. The highest BCUT2D eigenvalue weighted by molar-refractivity contribution is 7.89. The lowest BCUT2D eigenvalue weighted by Gasteiger charge is -2.32. The average molecular weight is 353 g/mol. The van der Waals surface area contributed by atoms with Crippen LogP contribution in [-0.2, 0) is 19.6 Å². The first-order valence-electron chi connectivity index (χ1n) is 7.91. The number of nitrogens with zero attached hydrogens (tertiary/aromatic N) is 1. The Morgan fingerprint density at radius 3 is 2.17 bits per heavy atom. The normalized spacial score (nSPS) is 16.2. The number of hydrogen-bond donors (Lipinski definition) is 2. The molecule has 0 atom stereocenters. The van der Waals surface area contributed by atoms with Crippen LogP contribution in [0.15, 0.2) is 29.2 Å². The summed E-state index contributed by atoms with van der Waals surface area (Å²) in [6.07, 6.45) is 1.25. The molecular weight excluding hydrogens is 330 g/mol. The number of rotatable bonds is 4. The largest absolute Gasteiger partial charge is 0.342 e. The zero-order chi connectivity index (χ0) is 17.9. The number of sulfonamides is 1. The number of piperidine rings is 1. The second-order valence-electron chi connectivity index (χ2n) is 6.31. The van der Waals surface area contributed by atoms with Crippen LogP contribution >= 0.6 is 0 Å². The number of likely N-dealkylation sites (tertiary alicyclic amines) is 1. The van der Waals surface area contributed by atoms with Crippen molar-refractivity contribution in [2.75, 3.05) is 18.4 Å². The molecule has 0 aromatic heterocycles. The second-order valence-corrected chi connectivity index (χ2v) is 7.87. The molecule has 1 heterocycles. The summed E-state index contributed by atoms with van der Waals surface area (Å²) in [5, 5.41) is 7.82. The highest BCUT2D eigenvalue weighted by Crippen LogP contribution is 2.21. The molecule has 1 aliphatic heterocycles. The molecule has 1 fully saturated rings. The molecule has 0 bridgehead atoms. The number of carbonyl (C=O) groups excluding carboxylic acids is 2. The van der Waals surface area contributed by atoms with Gasteiger partial charge in [-0.25, -0.2) is 13.6 Å². The van der Waals surface area contributed by atoms with E-state index in [4.69, 9.17) is 5.14 Å². The second kappa shape index (κ2) is 7.31. The molecule has 0 saturated carbocycles. The Kier molecular flexibility index (Phi) is 5.61. The van der Waals surface area contributed by atoms with E-state index < -0.39 is 10.0 Å². The molecule has 1 aromatic rings. The van der Waals surface area contributed by atoms with Gasteiger partial charge in [0.15, 0.2) is 0 Å². The van der Waals surface area contributed by atoms with Crippen molar-refractivity contribution >= 4 is 27.5 Å². The van der Waals surface area contributed by atoms with E-state index in [-0.39, 0.29) is 28.5 Å². The van der Waals surface area contributed by atoms with Gasteiger partial charge in [0.2, 0.25) is 21.8 Å². The molecule has 2 amide bonds. The minimum Gasteiger partial charge on any atom is -0.342 e. The van der Waals surface area contributed by atoms with E-state index in [0.717, 1.165) is 0 Å². The number of amides is 2. The van der Waals surface area contributed by atoms with E-state index in [9.17, 15) is 18.0 Å². The zero-order valence-corrected chi connectivity index (χ0v) is 14.7. The Bertz CT molecular complexity index is 705. The predicted molar refractivity (Wildman–Crippen MR) is 90.6 cm³/mol. The quantitative estimate of drug-likeness (QED) is 0.846. The van der Waals surface area contributed by atoms with Crippen LogP contribution in [0.3, 0.4) is 0 Å². The van der Waals surface area contributed by atoms with Gasteiger partial charge in [0.1, 0.15) is 0 Å². The maximum Gasteiger partial charge on any atom is 0.238 e. The van der Waals surface area contributed by atoms with Crippen molar-refractivity contribution in [3.8, 4) is 0 Å². The fraction of sp³-hybridized carbons (Fsp3) is 0.500. The average Bonchev–Trinajstić information content (AvgIpc) is 2.54. The minimum atomic E-state index is -3.74. The summed E-state index contributed by atoms with van der Waals surface area (Å²) in [6.45, 7) is 4.90. The first kappa shape index (κ1) is 18.4. The summed E-state index contributed by atoms with van der Waals surface area (Å²) >= 11 is 0. The highest BCUT2D eigenvalue weighted by atomic mass is 32.2. The Morgan fingerprint density at radius 2 is 1.71 bits per heavy atom. The van der Waals surface area contributed by atoms with Crippen LogP contribution in [0.5, 0.6) is 0 Å². The van der Waals surface area contributed by atoms with E-state index >= 15 is 0 Å². The van der Waals surface area contributed by atoms with E-state index in [1.54, 1.807) is 4.90 Å². The van der Waals surface area contributed by atoms with E-state index in [1.807, 2.05) is 13.8 Å². The van der Waals surface area contributed by atoms with Crippen LogP contribution in [0.2, 0.25) is 0 Å². The summed E-state index contributed by atoms with van der Waals surface area (Å²) in [6, 6.07) is 5.73. The molecule has 8 heteroatoms. The standard InChI is InChI=1S/C16H23N3O4S/c1-11(2)16(21)19-9-7-12(8-10-19)15(20)18-13-3-5-14(6-4-13)24(17,22)23/h3-6,11-12H,7-10H2,1-2H3,(H,18,20)(H2,17,22,23). The van der Waals surface area contributed by atoms with Gasteiger partial charge in [0, 0.05) is 30.6 Å². The van der Waals surface area contributed by atoms with Gasteiger partial charge in [0.05, 0.1) is 4.90 Å². The molecule has 132 valence electrons. The number of nitrogens with one attached hydrogen (secondary N) is 1. The summed E-state index contributed by atoms with van der Waals surface area (Å²) in [7, 11) is -3.74. The molecule has 0 aliphatic carbocycles. The third-order valence-corrected chi connectivity index (χ3v) is 5.05. The van der Waals surface area contributed by atoms with Gasteiger partial charge in [0.25, 0.3) is 0 Å². The van der Waals surface area contributed by atoms with E-state index in [2.05, 4.69) is 5.32 Å². The molecule has 1 aliphatic rings. The maximum absolute atomic E-state index is 12.3. The third kappa shape index (κ3) is 4.55. The molecule has 3 N–H and O–H groups in total. The Labute approximate surface area is 142 Å². The van der Waals surface area contributed by atoms with Crippen LogP contribution in [0.4, 0.5) is 5.69 Å². The van der Waals surface area contributed by atoms with Gasteiger partial charge in [-0.15, -0.1) is 0 Å². The first-order chi connectivity index (χ1) is 11.2. The highest BCUT2D eigenvalue weighted by Gasteiger charge is 2.28. The van der Waals surface area contributed by atoms with Crippen molar-refractivity contribution in [2.45, 2.75) is 31.6 Å². The molecule has 1 aromatic carbocycles. The van der Waals surface area contributed by atoms with E-state index in [1.165, 1.54) is 24.3 Å². The molecule has 7 nitrogen and oxygen atoms in total. The Hall–Kier alpha value is -1.93. The van der Waals surface area contributed by atoms with Crippen LogP contribution in [0, 0.1) is 11.8 Å². The fourth-order valence-corrected chi connectivity index (χ4v) is 3.21. The number of hydrogen-bond acceptors (Lipinski definition) is 4. The van der Waals surface area contributed by atoms with Crippen molar-refractivity contribution in [1.82, 2.24) is 4.90 Å². The molecular formula is C16H23N3O4S. The summed E-state index contributed by atoms with van der Waals surface area (Å²) in [4.78, 5) is 26.0. The zero-order valence-electron chi connectivity index (χ0n) is 13.9. The maximum atomic E-state index is 12.3. The lowest BCUT2D eigenvalue weighted by Crippen LogP contribution is -2.43. The van der Waals surface area contributed by atoms with Crippen LogP contribution < -0.4 is 10.5 Å². The van der Waals surface area contributed by atoms with Crippen LogP contribution in [0.1, 0.15) is 26.7 Å². The molecule has 0 unspecified atom stereocenters. The minimum absolute atomic E-state index is 0.000931. The van der Waals surface area contributed by atoms with Gasteiger partial charge >= 0.3 is 0 Å². The number of carbonyl (C=O) groups is 2. The van der Waals surface area contributed by atoms with Gasteiger partial charge < -0.3 is 10.2 Å². The molecule has 1 saturated heterocycles. The lowest BCUT2D eigenvalue weighted by molar-refractivity contribution is -0.137. The Balaban J connectivity index is 1.91. The summed E-state index contributed by atoms with van der Waals surface area (Å²) in [5.41, 5.74) is 0.521.